The maximum absolute atomic E-state index is 13.1. The van der Waals surface area contributed by atoms with Gasteiger partial charge in [-0.25, -0.2) is 4.98 Å². The van der Waals surface area contributed by atoms with E-state index in [1.54, 1.807) is 15.9 Å². The van der Waals surface area contributed by atoms with Crippen molar-refractivity contribution in [3.05, 3.63) is 20.8 Å². The third-order valence-corrected chi connectivity index (χ3v) is 7.60. The number of thioether (sulfide) groups is 1. The van der Waals surface area contributed by atoms with Crippen LogP contribution in [0.15, 0.2) is 9.95 Å². The number of amides is 1. The van der Waals surface area contributed by atoms with Gasteiger partial charge in [0.15, 0.2) is 5.16 Å². The predicted octanol–water partition coefficient (Wildman–Crippen LogP) is 4.47. The highest BCUT2D eigenvalue weighted by Gasteiger charge is 2.26. The number of hydrogen-bond donors (Lipinski definition) is 0. The Hall–Kier alpha value is -1.34. The van der Waals surface area contributed by atoms with E-state index in [1.807, 2.05) is 18.7 Å². The van der Waals surface area contributed by atoms with Crippen molar-refractivity contribution in [1.29, 1.82) is 0 Å². The van der Waals surface area contributed by atoms with E-state index in [4.69, 9.17) is 4.98 Å². The molecule has 2 aromatic rings. The molecule has 0 spiro atoms. The van der Waals surface area contributed by atoms with Gasteiger partial charge >= 0.3 is 0 Å². The van der Waals surface area contributed by atoms with Crippen molar-refractivity contribution in [3.63, 3.8) is 0 Å². The molecular formula is C21H31N3O2S2. The lowest BCUT2D eigenvalue weighted by molar-refractivity contribution is -0.130. The molecule has 0 radical (unpaired) electrons. The standard InChI is InChI=1S/C21H31N3O2S2/c1-6-7-8-24-20(26)18-15(4)16(5)28-19(18)22-21(24)27-12-17(25)23-10-13(2)9-14(3)11-23/h13-14H,6-12H2,1-5H3. The fraction of sp³-hybridized carbons (Fsp3) is 0.667. The average molecular weight is 422 g/mol. The molecule has 28 heavy (non-hydrogen) atoms. The number of aromatic nitrogens is 2. The maximum atomic E-state index is 13.1. The van der Waals surface area contributed by atoms with Crippen LogP contribution in [0.4, 0.5) is 0 Å². The summed E-state index contributed by atoms with van der Waals surface area (Å²) in [6.45, 7) is 12.9. The molecule has 1 saturated heterocycles. The first-order valence-corrected chi connectivity index (χ1v) is 12.0. The Labute approximate surface area is 175 Å². The Bertz CT molecular complexity index is 908. The van der Waals surface area contributed by atoms with Crippen LogP contribution in [0, 0.1) is 25.7 Å². The number of hydrogen-bond acceptors (Lipinski definition) is 5. The molecule has 5 nitrogen and oxygen atoms in total. The molecule has 154 valence electrons. The summed E-state index contributed by atoms with van der Waals surface area (Å²) in [7, 11) is 0. The Kier molecular flexibility index (Phi) is 6.86. The van der Waals surface area contributed by atoms with Crippen molar-refractivity contribution in [2.75, 3.05) is 18.8 Å². The van der Waals surface area contributed by atoms with Gasteiger partial charge in [-0.2, -0.15) is 0 Å². The van der Waals surface area contributed by atoms with Crippen molar-refractivity contribution in [3.8, 4) is 0 Å². The molecule has 3 rings (SSSR count). The number of piperidine rings is 1. The lowest BCUT2D eigenvalue weighted by Crippen LogP contribution is -2.43. The predicted molar refractivity (Wildman–Crippen MR) is 119 cm³/mol. The van der Waals surface area contributed by atoms with Crippen molar-refractivity contribution >= 4 is 39.2 Å². The molecule has 2 unspecified atom stereocenters. The number of nitrogens with zero attached hydrogens (tertiary/aromatic N) is 3. The minimum absolute atomic E-state index is 0.0375. The van der Waals surface area contributed by atoms with Gasteiger partial charge in [0, 0.05) is 24.5 Å². The summed E-state index contributed by atoms with van der Waals surface area (Å²) in [6.07, 6.45) is 3.12. The van der Waals surface area contributed by atoms with Crippen LogP contribution < -0.4 is 5.56 Å². The Morgan fingerprint density at radius 2 is 1.93 bits per heavy atom. The molecule has 0 saturated carbocycles. The summed E-state index contributed by atoms with van der Waals surface area (Å²) < 4.78 is 1.78. The molecule has 2 aromatic heterocycles. The summed E-state index contributed by atoms with van der Waals surface area (Å²) in [4.78, 5) is 34.6. The molecule has 0 aliphatic carbocycles. The van der Waals surface area contributed by atoms with E-state index in [-0.39, 0.29) is 11.5 Å². The SMILES string of the molecule is CCCCn1c(SCC(=O)N2CC(C)CC(C)C2)nc2sc(C)c(C)c2c1=O. The first-order chi connectivity index (χ1) is 13.3. The van der Waals surface area contributed by atoms with Crippen molar-refractivity contribution < 1.29 is 4.79 Å². The van der Waals surface area contributed by atoms with Crippen LogP contribution >= 0.6 is 23.1 Å². The molecular weight excluding hydrogens is 390 g/mol. The van der Waals surface area contributed by atoms with Crippen molar-refractivity contribution in [1.82, 2.24) is 14.5 Å². The second kappa shape index (κ2) is 8.99. The van der Waals surface area contributed by atoms with Gasteiger partial charge in [-0.05, 0) is 44.1 Å². The number of rotatable bonds is 6. The smallest absolute Gasteiger partial charge is 0.263 e. The van der Waals surface area contributed by atoms with E-state index in [0.29, 0.717) is 29.3 Å². The molecule has 2 atom stereocenters. The normalized spacial score (nSPS) is 20.1. The van der Waals surface area contributed by atoms with Gasteiger partial charge in [0.2, 0.25) is 5.91 Å². The molecule has 1 fully saturated rings. The Balaban J connectivity index is 1.85. The van der Waals surface area contributed by atoms with E-state index < -0.39 is 0 Å². The molecule has 0 bridgehead atoms. The van der Waals surface area contributed by atoms with Gasteiger partial charge in [-0.15, -0.1) is 11.3 Å². The zero-order valence-electron chi connectivity index (χ0n) is 17.6. The van der Waals surface area contributed by atoms with E-state index >= 15 is 0 Å². The van der Waals surface area contributed by atoms with Crippen LogP contribution in [-0.4, -0.2) is 39.2 Å². The number of aryl methyl sites for hydroxylation is 2. The number of likely N-dealkylation sites (tertiary alicyclic amines) is 1. The van der Waals surface area contributed by atoms with Crippen LogP contribution in [-0.2, 0) is 11.3 Å². The van der Waals surface area contributed by atoms with Gasteiger partial charge in [0.1, 0.15) is 4.83 Å². The summed E-state index contributed by atoms with van der Waals surface area (Å²) in [5.74, 6) is 1.59. The topological polar surface area (TPSA) is 55.2 Å². The monoisotopic (exact) mass is 421 g/mol. The fourth-order valence-electron chi connectivity index (χ4n) is 4.02. The number of carbonyl (C=O) groups is 1. The van der Waals surface area contributed by atoms with Crippen LogP contribution in [0.25, 0.3) is 10.2 Å². The van der Waals surface area contributed by atoms with Gasteiger partial charge in [0.05, 0.1) is 11.1 Å². The van der Waals surface area contributed by atoms with Gasteiger partial charge < -0.3 is 4.90 Å². The Morgan fingerprint density at radius 3 is 2.57 bits per heavy atom. The molecule has 1 aliphatic rings. The van der Waals surface area contributed by atoms with E-state index in [9.17, 15) is 9.59 Å². The van der Waals surface area contributed by atoms with Crippen LogP contribution in [0.3, 0.4) is 0 Å². The van der Waals surface area contributed by atoms with E-state index in [2.05, 4.69) is 20.8 Å². The number of unbranched alkanes of at least 4 members (excludes halogenated alkanes) is 1. The summed E-state index contributed by atoms with van der Waals surface area (Å²) in [5.41, 5.74) is 1.07. The fourth-order valence-corrected chi connectivity index (χ4v) is 6.01. The number of carbonyl (C=O) groups excluding carboxylic acids is 1. The third kappa shape index (κ3) is 4.46. The summed E-state index contributed by atoms with van der Waals surface area (Å²) in [6, 6.07) is 0. The zero-order valence-corrected chi connectivity index (χ0v) is 19.2. The van der Waals surface area contributed by atoms with Crippen molar-refractivity contribution in [2.24, 2.45) is 11.8 Å². The van der Waals surface area contributed by atoms with Crippen LogP contribution in [0.1, 0.15) is 50.5 Å². The lowest BCUT2D eigenvalue weighted by atomic mass is 9.92. The van der Waals surface area contributed by atoms with Gasteiger partial charge in [0.25, 0.3) is 5.56 Å². The highest BCUT2D eigenvalue weighted by molar-refractivity contribution is 7.99. The Morgan fingerprint density at radius 1 is 1.25 bits per heavy atom. The highest BCUT2D eigenvalue weighted by Crippen LogP contribution is 2.29. The number of fused-ring (bicyclic) bond motifs is 1. The van der Waals surface area contributed by atoms with Crippen molar-refractivity contribution in [2.45, 2.75) is 65.6 Å². The highest BCUT2D eigenvalue weighted by atomic mass is 32.2. The first kappa shape index (κ1) is 21.4. The molecule has 7 heteroatoms. The van der Waals surface area contributed by atoms with Crippen LogP contribution in [0.5, 0.6) is 0 Å². The minimum atomic E-state index is 0.0375. The van der Waals surface area contributed by atoms with E-state index in [1.165, 1.54) is 18.2 Å². The molecule has 0 aromatic carbocycles. The zero-order chi connectivity index (χ0) is 20.4. The second-order valence-electron chi connectivity index (χ2n) is 8.20. The van der Waals surface area contributed by atoms with Gasteiger partial charge in [-0.1, -0.05) is 39.0 Å². The molecule has 1 amide bonds. The lowest BCUT2D eigenvalue weighted by Gasteiger charge is -2.35. The number of thiophene rings is 1. The summed E-state index contributed by atoms with van der Waals surface area (Å²) in [5, 5.41) is 1.42. The minimum Gasteiger partial charge on any atom is -0.341 e. The second-order valence-corrected chi connectivity index (χ2v) is 10.3. The largest absolute Gasteiger partial charge is 0.341 e. The summed E-state index contributed by atoms with van der Waals surface area (Å²) >= 11 is 2.98. The molecule has 0 N–H and O–H groups in total. The van der Waals surface area contributed by atoms with E-state index in [0.717, 1.165) is 46.6 Å². The molecule has 3 heterocycles. The quantitative estimate of drug-likeness (QED) is 0.510. The maximum Gasteiger partial charge on any atom is 0.263 e. The average Bonchev–Trinajstić information content (AvgIpc) is 2.92. The first-order valence-electron chi connectivity index (χ1n) is 10.2. The van der Waals surface area contributed by atoms with Crippen LogP contribution in [0.2, 0.25) is 0 Å². The van der Waals surface area contributed by atoms with Gasteiger partial charge in [-0.3, -0.25) is 14.2 Å². The third-order valence-electron chi connectivity index (χ3n) is 5.54. The molecule has 1 aliphatic heterocycles.